The molecule has 4 heteroatoms. The predicted octanol–water partition coefficient (Wildman–Crippen LogP) is 1.39. The second-order valence-electron chi connectivity index (χ2n) is 3.22. The maximum atomic E-state index is 12.7. The molecule has 0 aliphatic rings. The third kappa shape index (κ3) is 3.05. The van der Waals surface area contributed by atoms with E-state index in [0.717, 1.165) is 11.6 Å². The Hall–Kier alpha value is -1.00. The number of aliphatic hydroxyl groups excluding tert-OH is 1. The maximum absolute atomic E-state index is 12.7. The van der Waals surface area contributed by atoms with Crippen LogP contribution in [0.4, 0.5) is 8.78 Å². The van der Waals surface area contributed by atoms with Crippen LogP contribution in [0.5, 0.6) is 0 Å². The highest BCUT2D eigenvalue weighted by atomic mass is 19.2. The highest BCUT2D eigenvalue weighted by Gasteiger charge is 2.03. The van der Waals surface area contributed by atoms with Gasteiger partial charge in [-0.1, -0.05) is 6.07 Å². The number of halogens is 2. The van der Waals surface area contributed by atoms with Crippen molar-refractivity contribution in [2.75, 3.05) is 20.3 Å². The smallest absolute Gasteiger partial charge is 0.159 e. The first kappa shape index (κ1) is 11.1. The van der Waals surface area contributed by atoms with Gasteiger partial charge in [-0.25, -0.2) is 8.78 Å². The minimum Gasteiger partial charge on any atom is -0.381 e. The van der Waals surface area contributed by atoms with Crippen LogP contribution in [0.2, 0.25) is 0 Å². The van der Waals surface area contributed by atoms with Crippen LogP contribution in [-0.4, -0.2) is 30.3 Å². The van der Waals surface area contributed by atoms with Gasteiger partial charge in [0.1, 0.15) is 0 Å². The number of hydrogen-bond donors (Lipinski definition) is 1. The van der Waals surface area contributed by atoms with Crippen molar-refractivity contribution in [3.8, 4) is 0 Å². The summed E-state index contributed by atoms with van der Waals surface area (Å²) in [5.41, 5.74) is 0.726. The van der Waals surface area contributed by atoms with Crippen LogP contribution < -0.4 is 0 Å². The molecular weight excluding hydrogens is 188 g/mol. The van der Waals surface area contributed by atoms with E-state index >= 15 is 0 Å². The summed E-state index contributed by atoms with van der Waals surface area (Å²) < 4.78 is 25.3. The van der Waals surface area contributed by atoms with Gasteiger partial charge in [-0.05, 0) is 31.2 Å². The first-order chi connectivity index (χ1) is 6.63. The molecule has 1 aromatic rings. The van der Waals surface area contributed by atoms with Crippen molar-refractivity contribution < 1.29 is 13.9 Å². The zero-order valence-electron chi connectivity index (χ0n) is 8.00. The van der Waals surface area contributed by atoms with E-state index < -0.39 is 11.6 Å². The molecular formula is C10H13F2NO. The number of benzene rings is 1. The van der Waals surface area contributed by atoms with Gasteiger partial charge in [0.05, 0.1) is 6.73 Å². The van der Waals surface area contributed by atoms with Gasteiger partial charge in [-0.15, -0.1) is 0 Å². The molecule has 0 saturated carbocycles. The van der Waals surface area contributed by atoms with Crippen LogP contribution in [0, 0.1) is 11.6 Å². The van der Waals surface area contributed by atoms with Crippen LogP contribution in [-0.2, 0) is 6.42 Å². The average molecular weight is 201 g/mol. The lowest BCUT2D eigenvalue weighted by atomic mass is 10.1. The molecule has 0 aliphatic carbocycles. The summed E-state index contributed by atoms with van der Waals surface area (Å²) in [6, 6.07) is 3.84. The van der Waals surface area contributed by atoms with E-state index in [4.69, 9.17) is 5.11 Å². The van der Waals surface area contributed by atoms with Gasteiger partial charge < -0.3 is 5.11 Å². The van der Waals surface area contributed by atoms with Gasteiger partial charge in [0.2, 0.25) is 0 Å². The molecule has 0 bridgehead atoms. The zero-order chi connectivity index (χ0) is 10.6. The fourth-order valence-corrected chi connectivity index (χ4v) is 1.09. The Labute approximate surface area is 81.8 Å². The number of aliphatic hydroxyl groups is 1. The van der Waals surface area contributed by atoms with Gasteiger partial charge in [0, 0.05) is 6.54 Å². The molecule has 14 heavy (non-hydrogen) atoms. The van der Waals surface area contributed by atoms with Crippen LogP contribution in [0.15, 0.2) is 18.2 Å². The van der Waals surface area contributed by atoms with Crippen molar-refractivity contribution >= 4 is 0 Å². The van der Waals surface area contributed by atoms with E-state index in [1.165, 1.54) is 6.07 Å². The molecule has 0 spiro atoms. The SMILES string of the molecule is CN(CO)CCc1ccc(F)c(F)c1. The van der Waals surface area contributed by atoms with Crippen molar-refractivity contribution in [3.05, 3.63) is 35.4 Å². The highest BCUT2D eigenvalue weighted by molar-refractivity contribution is 5.17. The van der Waals surface area contributed by atoms with Gasteiger partial charge in [-0.2, -0.15) is 0 Å². The summed E-state index contributed by atoms with van der Waals surface area (Å²) in [6.07, 6.45) is 0.592. The zero-order valence-corrected chi connectivity index (χ0v) is 8.00. The van der Waals surface area contributed by atoms with E-state index in [0.29, 0.717) is 13.0 Å². The lowest BCUT2D eigenvalue weighted by Gasteiger charge is -2.12. The predicted molar refractivity (Wildman–Crippen MR) is 49.8 cm³/mol. The second-order valence-corrected chi connectivity index (χ2v) is 3.22. The van der Waals surface area contributed by atoms with Crippen molar-refractivity contribution in [2.45, 2.75) is 6.42 Å². The second kappa shape index (κ2) is 5.02. The van der Waals surface area contributed by atoms with Gasteiger partial charge in [0.15, 0.2) is 11.6 Å². The molecule has 78 valence electrons. The van der Waals surface area contributed by atoms with Crippen molar-refractivity contribution in [3.63, 3.8) is 0 Å². The summed E-state index contributed by atoms with van der Waals surface area (Å²) in [7, 11) is 1.75. The molecule has 0 atom stereocenters. The van der Waals surface area contributed by atoms with E-state index in [9.17, 15) is 8.78 Å². The average Bonchev–Trinajstić information content (AvgIpc) is 2.19. The monoisotopic (exact) mass is 201 g/mol. The van der Waals surface area contributed by atoms with E-state index in [1.807, 2.05) is 0 Å². The Kier molecular flexibility index (Phi) is 3.98. The Morgan fingerprint density at radius 3 is 2.57 bits per heavy atom. The van der Waals surface area contributed by atoms with Crippen LogP contribution in [0.25, 0.3) is 0 Å². The van der Waals surface area contributed by atoms with Gasteiger partial charge in [-0.3, -0.25) is 4.90 Å². The van der Waals surface area contributed by atoms with Crippen LogP contribution in [0.1, 0.15) is 5.56 Å². The third-order valence-corrected chi connectivity index (χ3v) is 2.01. The fraction of sp³-hybridized carbons (Fsp3) is 0.400. The quantitative estimate of drug-likeness (QED) is 0.744. The summed E-state index contributed by atoms with van der Waals surface area (Å²) in [4.78, 5) is 1.68. The fourth-order valence-electron chi connectivity index (χ4n) is 1.09. The van der Waals surface area contributed by atoms with Crippen LogP contribution in [0.3, 0.4) is 0 Å². The van der Waals surface area contributed by atoms with Gasteiger partial charge in [0.25, 0.3) is 0 Å². The first-order valence-corrected chi connectivity index (χ1v) is 4.37. The Bertz CT molecular complexity index is 304. The Balaban J connectivity index is 2.55. The van der Waals surface area contributed by atoms with Crippen molar-refractivity contribution in [1.29, 1.82) is 0 Å². The van der Waals surface area contributed by atoms with E-state index in [2.05, 4.69) is 0 Å². The molecule has 1 aromatic carbocycles. The molecule has 1 rings (SSSR count). The number of nitrogens with zero attached hydrogens (tertiary/aromatic N) is 1. The lowest BCUT2D eigenvalue weighted by Crippen LogP contribution is -2.21. The van der Waals surface area contributed by atoms with E-state index in [-0.39, 0.29) is 6.73 Å². The summed E-state index contributed by atoms with van der Waals surface area (Å²) in [5, 5.41) is 8.70. The molecule has 1 N–H and O–H groups in total. The number of hydrogen-bond acceptors (Lipinski definition) is 2. The molecule has 0 aromatic heterocycles. The molecule has 0 radical (unpaired) electrons. The lowest BCUT2D eigenvalue weighted by molar-refractivity contribution is 0.134. The molecule has 0 fully saturated rings. The molecule has 0 saturated heterocycles. The maximum Gasteiger partial charge on any atom is 0.159 e. The standard InChI is InChI=1S/C10H13F2NO/c1-13(7-14)5-4-8-2-3-9(11)10(12)6-8/h2-3,6,14H,4-5,7H2,1H3. The summed E-state index contributed by atoms with van der Waals surface area (Å²) in [6.45, 7) is 0.575. The molecule has 0 unspecified atom stereocenters. The molecule has 2 nitrogen and oxygen atoms in total. The molecule has 0 amide bonds. The Morgan fingerprint density at radius 2 is 2.00 bits per heavy atom. The third-order valence-electron chi connectivity index (χ3n) is 2.01. The summed E-state index contributed by atoms with van der Waals surface area (Å²) >= 11 is 0. The normalized spacial score (nSPS) is 10.9. The topological polar surface area (TPSA) is 23.5 Å². The largest absolute Gasteiger partial charge is 0.381 e. The number of rotatable bonds is 4. The minimum absolute atomic E-state index is 0.0380. The highest BCUT2D eigenvalue weighted by Crippen LogP contribution is 2.09. The first-order valence-electron chi connectivity index (χ1n) is 4.37. The minimum atomic E-state index is -0.829. The van der Waals surface area contributed by atoms with Crippen molar-refractivity contribution in [2.24, 2.45) is 0 Å². The number of likely N-dealkylation sites (N-methyl/N-ethyl adjacent to an activating group) is 1. The summed E-state index contributed by atoms with van der Waals surface area (Å²) in [5.74, 6) is -1.65. The van der Waals surface area contributed by atoms with Gasteiger partial charge >= 0.3 is 0 Å². The van der Waals surface area contributed by atoms with Crippen LogP contribution >= 0.6 is 0 Å². The molecule has 0 heterocycles. The van der Waals surface area contributed by atoms with E-state index in [1.54, 1.807) is 18.0 Å². The van der Waals surface area contributed by atoms with Crippen molar-refractivity contribution in [1.82, 2.24) is 4.90 Å². The Morgan fingerprint density at radius 1 is 1.29 bits per heavy atom. The molecule has 0 aliphatic heterocycles.